The van der Waals surface area contributed by atoms with Crippen LogP contribution in [0.15, 0.2) is 59.3 Å². The summed E-state index contributed by atoms with van der Waals surface area (Å²) >= 11 is 3.32. The number of nitrogens with zero attached hydrogens (tertiary/aromatic N) is 2. The van der Waals surface area contributed by atoms with E-state index in [9.17, 15) is 4.39 Å². The molecule has 0 spiro atoms. The van der Waals surface area contributed by atoms with Crippen molar-refractivity contribution in [2.75, 3.05) is 7.11 Å². The number of methoxy groups -OCH3 is 1. The summed E-state index contributed by atoms with van der Waals surface area (Å²) in [7, 11) is 1.64. The van der Waals surface area contributed by atoms with Gasteiger partial charge in [-0.1, -0.05) is 28.1 Å². The van der Waals surface area contributed by atoms with Gasteiger partial charge in [0, 0.05) is 29.0 Å². The van der Waals surface area contributed by atoms with Crippen LogP contribution in [0, 0.1) is 5.82 Å². The third-order valence-electron chi connectivity index (χ3n) is 3.32. The van der Waals surface area contributed by atoms with Crippen LogP contribution < -0.4 is 4.74 Å². The molecule has 0 atom stereocenters. The van der Waals surface area contributed by atoms with Crippen LogP contribution in [0.1, 0.15) is 5.56 Å². The summed E-state index contributed by atoms with van der Waals surface area (Å²) in [5, 5.41) is 0. The molecule has 0 radical (unpaired) electrons. The van der Waals surface area contributed by atoms with E-state index in [1.54, 1.807) is 13.3 Å². The van der Waals surface area contributed by atoms with Gasteiger partial charge in [-0.05, 0) is 35.9 Å². The minimum absolute atomic E-state index is 0.291. The first kappa shape index (κ1) is 14.8. The fourth-order valence-corrected chi connectivity index (χ4v) is 2.81. The fraction of sp³-hybridized carbons (Fsp3) is 0.118. The number of imidazole rings is 1. The lowest BCUT2D eigenvalue weighted by atomic mass is 10.2. The summed E-state index contributed by atoms with van der Waals surface area (Å²) in [4.78, 5) is 4.35. The third-order valence-corrected chi connectivity index (χ3v) is 3.78. The van der Waals surface area contributed by atoms with Gasteiger partial charge >= 0.3 is 0 Å². The molecule has 1 heterocycles. The molecule has 2 aromatic carbocycles. The number of halogens is 2. The van der Waals surface area contributed by atoms with Gasteiger partial charge in [0.25, 0.3) is 0 Å². The quantitative estimate of drug-likeness (QED) is 0.684. The molecule has 0 bridgehead atoms. The van der Waals surface area contributed by atoms with E-state index in [4.69, 9.17) is 4.74 Å². The largest absolute Gasteiger partial charge is 0.497 e. The van der Waals surface area contributed by atoms with Gasteiger partial charge in [-0.3, -0.25) is 0 Å². The zero-order valence-corrected chi connectivity index (χ0v) is 13.5. The van der Waals surface area contributed by atoms with E-state index in [1.165, 1.54) is 12.1 Å². The van der Waals surface area contributed by atoms with Crippen LogP contribution in [-0.4, -0.2) is 16.7 Å². The smallest absolute Gasteiger partial charge is 0.140 e. The Hall–Kier alpha value is -2.14. The molecule has 3 aromatic rings. The Kier molecular flexibility index (Phi) is 4.24. The number of aromatic nitrogens is 2. The Morgan fingerprint density at radius 3 is 2.86 bits per heavy atom. The molecule has 112 valence electrons. The molecule has 0 saturated heterocycles. The normalized spacial score (nSPS) is 10.7. The summed E-state index contributed by atoms with van der Waals surface area (Å²) in [5.41, 5.74) is 1.83. The molecule has 0 aliphatic carbocycles. The van der Waals surface area contributed by atoms with Crippen molar-refractivity contribution in [2.24, 2.45) is 0 Å². The van der Waals surface area contributed by atoms with E-state index >= 15 is 0 Å². The van der Waals surface area contributed by atoms with E-state index in [-0.39, 0.29) is 5.82 Å². The Morgan fingerprint density at radius 2 is 2.09 bits per heavy atom. The highest BCUT2D eigenvalue weighted by atomic mass is 79.9. The number of ether oxygens (including phenoxy) is 1. The maximum absolute atomic E-state index is 13.6. The number of hydrogen-bond donors (Lipinski definition) is 0. The van der Waals surface area contributed by atoms with Gasteiger partial charge in [-0.15, -0.1) is 0 Å². The predicted octanol–water partition coefficient (Wildman–Crippen LogP) is 4.51. The zero-order chi connectivity index (χ0) is 15.5. The van der Waals surface area contributed by atoms with Gasteiger partial charge in [-0.2, -0.15) is 0 Å². The minimum Gasteiger partial charge on any atom is -0.497 e. The van der Waals surface area contributed by atoms with Crippen molar-refractivity contribution < 1.29 is 9.13 Å². The monoisotopic (exact) mass is 360 g/mol. The average Bonchev–Trinajstić information content (AvgIpc) is 2.94. The Bertz CT molecular complexity index is 781. The molecule has 5 heteroatoms. The maximum atomic E-state index is 13.6. The van der Waals surface area contributed by atoms with E-state index in [0.717, 1.165) is 22.7 Å². The molecule has 0 saturated carbocycles. The molecule has 0 amide bonds. The molecular weight excluding hydrogens is 347 g/mol. The van der Waals surface area contributed by atoms with Crippen molar-refractivity contribution in [3.63, 3.8) is 0 Å². The van der Waals surface area contributed by atoms with Crippen LogP contribution in [0.4, 0.5) is 4.39 Å². The molecule has 0 aliphatic rings. The second-order valence-electron chi connectivity index (χ2n) is 4.89. The van der Waals surface area contributed by atoms with E-state index in [2.05, 4.69) is 20.9 Å². The van der Waals surface area contributed by atoms with Gasteiger partial charge in [0.1, 0.15) is 17.4 Å². The molecule has 3 rings (SSSR count). The van der Waals surface area contributed by atoms with Crippen LogP contribution in [0.3, 0.4) is 0 Å². The molecule has 1 aromatic heterocycles. The number of rotatable bonds is 4. The van der Waals surface area contributed by atoms with Gasteiger partial charge in [0.05, 0.1) is 7.11 Å². The Labute approximate surface area is 136 Å². The number of hydrogen-bond acceptors (Lipinski definition) is 2. The standard InChI is InChI=1S/C17H14BrFN2O/c1-22-16-4-2-3-12(7-16)11-21-6-5-20-17(21)13-8-14(18)10-15(19)9-13/h2-10H,11H2,1H3. The summed E-state index contributed by atoms with van der Waals surface area (Å²) in [6, 6.07) is 12.6. The zero-order valence-electron chi connectivity index (χ0n) is 12.0. The molecule has 0 fully saturated rings. The lowest BCUT2D eigenvalue weighted by Gasteiger charge is -2.10. The maximum Gasteiger partial charge on any atom is 0.140 e. The first-order valence-electron chi connectivity index (χ1n) is 6.76. The first-order chi connectivity index (χ1) is 10.7. The second-order valence-corrected chi connectivity index (χ2v) is 5.80. The Balaban J connectivity index is 1.94. The molecule has 0 unspecified atom stereocenters. The highest BCUT2D eigenvalue weighted by Crippen LogP contribution is 2.24. The Morgan fingerprint density at radius 1 is 1.23 bits per heavy atom. The summed E-state index contributed by atoms with van der Waals surface area (Å²) in [6.45, 7) is 0.640. The lowest BCUT2D eigenvalue weighted by Crippen LogP contribution is -2.01. The molecule has 0 N–H and O–H groups in total. The van der Waals surface area contributed by atoms with Crippen molar-refractivity contribution in [1.29, 1.82) is 0 Å². The SMILES string of the molecule is COc1cccc(Cn2ccnc2-c2cc(F)cc(Br)c2)c1. The summed E-state index contributed by atoms with van der Waals surface area (Å²) < 4.78 is 21.5. The molecule has 0 aliphatic heterocycles. The van der Waals surface area contributed by atoms with Crippen LogP contribution in [-0.2, 0) is 6.54 Å². The first-order valence-corrected chi connectivity index (χ1v) is 7.55. The topological polar surface area (TPSA) is 27.1 Å². The van der Waals surface area contributed by atoms with Crippen LogP contribution in [0.25, 0.3) is 11.4 Å². The fourth-order valence-electron chi connectivity index (χ4n) is 2.35. The highest BCUT2D eigenvalue weighted by Gasteiger charge is 2.09. The van der Waals surface area contributed by atoms with Gasteiger partial charge in [0.2, 0.25) is 0 Å². The van der Waals surface area contributed by atoms with Crippen LogP contribution in [0.5, 0.6) is 5.75 Å². The summed E-state index contributed by atoms with van der Waals surface area (Å²) in [5.74, 6) is 1.25. The van der Waals surface area contributed by atoms with Crippen LogP contribution >= 0.6 is 15.9 Å². The van der Waals surface area contributed by atoms with E-state index < -0.39 is 0 Å². The van der Waals surface area contributed by atoms with Crippen molar-refractivity contribution in [3.8, 4) is 17.1 Å². The van der Waals surface area contributed by atoms with E-state index in [0.29, 0.717) is 11.0 Å². The summed E-state index contributed by atoms with van der Waals surface area (Å²) in [6.07, 6.45) is 3.60. The van der Waals surface area contributed by atoms with Crippen molar-refractivity contribution >= 4 is 15.9 Å². The van der Waals surface area contributed by atoms with E-state index in [1.807, 2.05) is 41.1 Å². The van der Waals surface area contributed by atoms with Crippen molar-refractivity contribution in [3.05, 3.63) is 70.7 Å². The molecule has 22 heavy (non-hydrogen) atoms. The number of benzene rings is 2. The van der Waals surface area contributed by atoms with Crippen molar-refractivity contribution in [2.45, 2.75) is 6.54 Å². The minimum atomic E-state index is -0.291. The van der Waals surface area contributed by atoms with Gasteiger partial charge in [0.15, 0.2) is 0 Å². The predicted molar refractivity (Wildman–Crippen MR) is 87.4 cm³/mol. The van der Waals surface area contributed by atoms with Gasteiger partial charge in [-0.25, -0.2) is 9.37 Å². The lowest BCUT2D eigenvalue weighted by molar-refractivity contribution is 0.414. The van der Waals surface area contributed by atoms with Gasteiger partial charge < -0.3 is 9.30 Å². The molecule has 3 nitrogen and oxygen atoms in total. The van der Waals surface area contributed by atoms with Crippen LogP contribution in [0.2, 0.25) is 0 Å². The average molecular weight is 361 g/mol. The second kappa shape index (κ2) is 6.32. The third kappa shape index (κ3) is 3.20. The highest BCUT2D eigenvalue weighted by molar-refractivity contribution is 9.10. The molecular formula is C17H14BrFN2O. The van der Waals surface area contributed by atoms with Crippen molar-refractivity contribution in [1.82, 2.24) is 9.55 Å².